The maximum Gasteiger partial charge on any atom is 0.0638 e. The third-order valence-electron chi connectivity index (χ3n) is 2.57. The lowest BCUT2D eigenvalue weighted by Crippen LogP contribution is -2.17. The Morgan fingerprint density at radius 2 is 2.12 bits per heavy atom. The zero-order valence-electron chi connectivity index (χ0n) is 10.6. The Hall–Kier alpha value is -0.870. The monoisotopic (exact) mass is 225 g/mol. The second-order valence-electron chi connectivity index (χ2n) is 4.06. The number of hydrogen-bond acceptors (Lipinski definition) is 3. The van der Waals surface area contributed by atoms with Gasteiger partial charge >= 0.3 is 0 Å². The zero-order valence-corrected chi connectivity index (χ0v) is 10.6. The summed E-state index contributed by atoms with van der Waals surface area (Å²) in [6.45, 7) is 9.83. The van der Waals surface area contributed by atoms with Crippen LogP contribution in [0, 0.1) is 13.8 Å². The van der Waals surface area contributed by atoms with Crippen molar-refractivity contribution in [1.82, 2.24) is 15.5 Å². The second kappa shape index (κ2) is 7.41. The van der Waals surface area contributed by atoms with Crippen molar-refractivity contribution in [2.75, 3.05) is 19.8 Å². The molecule has 1 aromatic rings. The van der Waals surface area contributed by atoms with Crippen LogP contribution in [0.1, 0.15) is 36.7 Å². The molecular formula is C12H23N3O. The van der Waals surface area contributed by atoms with Crippen molar-refractivity contribution < 1.29 is 4.74 Å². The molecule has 92 valence electrons. The highest BCUT2D eigenvalue weighted by atomic mass is 16.5. The first kappa shape index (κ1) is 13.2. The van der Waals surface area contributed by atoms with E-state index in [9.17, 15) is 0 Å². The van der Waals surface area contributed by atoms with Gasteiger partial charge in [-0.05, 0) is 33.2 Å². The number of aromatic nitrogens is 2. The van der Waals surface area contributed by atoms with E-state index >= 15 is 0 Å². The molecule has 4 heteroatoms. The molecule has 0 aliphatic carbocycles. The van der Waals surface area contributed by atoms with Crippen LogP contribution < -0.4 is 5.32 Å². The summed E-state index contributed by atoms with van der Waals surface area (Å²) >= 11 is 0. The molecule has 1 aromatic heterocycles. The van der Waals surface area contributed by atoms with Gasteiger partial charge in [-0.2, -0.15) is 5.10 Å². The molecule has 0 aliphatic heterocycles. The lowest BCUT2D eigenvalue weighted by atomic mass is 10.2. The number of rotatable bonds is 8. The molecule has 1 rings (SSSR count). The molecule has 0 amide bonds. The number of ether oxygens (including phenoxy) is 1. The van der Waals surface area contributed by atoms with Gasteiger partial charge in [0.25, 0.3) is 0 Å². The minimum atomic E-state index is 0.851. The van der Waals surface area contributed by atoms with E-state index in [1.165, 1.54) is 5.56 Å². The Labute approximate surface area is 97.8 Å². The van der Waals surface area contributed by atoms with Crippen LogP contribution in [0.4, 0.5) is 0 Å². The Morgan fingerprint density at radius 3 is 2.75 bits per heavy atom. The van der Waals surface area contributed by atoms with Crippen molar-refractivity contribution in [2.45, 2.75) is 40.2 Å². The summed E-state index contributed by atoms with van der Waals surface area (Å²) in [6, 6.07) is 0. The van der Waals surface area contributed by atoms with Crippen molar-refractivity contribution in [2.24, 2.45) is 0 Å². The Morgan fingerprint density at radius 1 is 1.31 bits per heavy atom. The Kier molecular flexibility index (Phi) is 6.11. The van der Waals surface area contributed by atoms with Crippen LogP contribution in [-0.2, 0) is 11.3 Å². The molecule has 16 heavy (non-hydrogen) atoms. The number of aryl methyl sites for hydroxylation is 2. The van der Waals surface area contributed by atoms with E-state index in [0.717, 1.165) is 50.5 Å². The van der Waals surface area contributed by atoms with Crippen LogP contribution in [0.2, 0.25) is 0 Å². The topological polar surface area (TPSA) is 49.9 Å². The molecule has 4 nitrogen and oxygen atoms in total. The van der Waals surface area contributed by atoms with Gasteiger partial charge in [0.05, 0.1) is 5.69 Å². The van der Waals surface area contributed by atoms with Crippen LogP contribution in [0.3, 0.4) is 0 Å². The summed E-state index contributed by atoms with van der Waals surface area (Å²) in [4.78, 5) is 0. The highest BCUT2D eigenvalue weighted by Gasteiger charge is 2.04. The van der Waals surface area contributed by atoms with Gasteiger partial charge in [-0.3, -0.25) is 5.10 Å². The zero-order chi connectivity index (χ0) is 11.8. The number of hydrogen-bond donors (Lipinski definition) is 2. The first-order valence-electron chi connectivity index (χ1n) is 6.04. The fourth-order valence-electron chi connectivity index (χ4n) is 1.59. The fraction of sp³-hybridized carbons (Fsp3) is 0.750. The quantitative estimate of drug-likeness (QED) is 0.665. The first-order chi connectivity index (χ1) is 7.75. The molecule has 0 saturated heterocycles. The van der Waals surface area contributed by atoms with Gasteiger partial charge in [0.15, 0.2) is 0 Å². The molecule has 0 fully saturated rings. The average molecular weight is 225 g/mol. The maximum absolute atomic E-state index is 5.41. The van der Waals surface area contributed by atoms with Crippen LogP contribution in [0.15, 0.2) is 0 Å². The maximum atomic E-state index is 5.41. The normalized spacial score (nSPS) is 10.9. The standard InChI is InChI=1S/C12H23N3O/c1-4-7-16-8-5-6-13-9-12-10(2)14-15-11(12)3/h13H,4-9H2,1-3H3,(H,14,15). The number of nitrogens with zero attached hydrogens (tertiary/aromatic N) is 1. The summed E-state index contributed by atoms with van der Waals surface area (Å²) in [5.41, 5.74) is 3.54. The fourth-order valence-corrected chi connectivity index (χ4v) is 1.59. The molecule has 2 N–H and O–H groups in total. The van der Waals surface area contributed by atoms with Crippen molar-refractivity contribution >= 4 is 0 Å². The molecule has 0 aromatic carbocycles. The summed E-state index contributed by atoms with van der Waals surface area (Å²) in [5.74, 6) is 0. The smallest absolute Gasteiger partial charge is 0.0638 e. The van der Waals surface area contributed by atoms with E-state index < -0.39 is 0 Å². The van der Waals surface area contributed by atoms with E-state index in [1.807, 2.05) is 6.92 Å². The lowest BCUT2D eigenvalue weighted by Gasteiger charge is -2.05. The molecule has 0 aliphatic rings. The number of aromatic amines is 1. The van der Waals surface area contributed by atoms with Crippen LogP contribution in [-0.4, -0.2) is 30.0 Å². The SMILES string of the molecule is CCCOCCCNCc1c(C)n[nH]c1C. The highest BCUT2D eigenvalue weighted by molar-refractivity contribution is 5.22. The lowest BCUT2D eigenvalue weighted by molar-refractivity contribution is 0.132. The van der Waals surface area contributed by atoms with Crippen LogP contribution in [0.5, 0.6) is 0 Å². The van der Waals surface area contributed by atoms with Gasteiger partial charge < -0.3 is 10.1 Å². The first-order valence-corrected chi connectivity index (χ1v) is 6.04. The van der Waals surface area contributed by atoms with E-state index in [1.54, 1.807) is 0 Å². The van der Waals surface area contributed by atoms with Crippen molar-refractivity contribution in [1.29, 1.82) is 0 Å². The van der Waals surface area contributed by atoms with Crippen LogP contribution in [0.25, 0.3) is 0 Å². The van der Waals surface area contributed by atoms with Crippen LogP contribution >= 0.6 is 0 Å². The van der Waals surface area contributed by atoms with Gasteiger partial charge in [0, 0.05) is 31.0 Å². The van der Waals surface area contributed by atoms with Gasteiger partial charge in [-0.1, -0.05) is 6.92 Å². The summed E-state index contributed by atoms with van der Waals surface area (Å²) < 4.78 is 5.41. The minimum Gasteiger partial charge on any atom is -0.381 e. The van der Waals surface area contributed by atoms with Crippen molar-refractivity contribution in [3.05, 3.63) is 17.0 Å². The van der Waals surface area contributed by atoms with E-state index in [2.05, 4.69) is 29.4 Å². The van der Waals surface area contributed by atoms with E-state index in [0.29, 0.717) is 0 Å². The molecule has 0 bridgehead atoms. The largest absolute Gasteiger partial charge is 0.381 e. The molecule has 0 radical (unpaired) electrons. The number of H-pyrrole nitrogens is 1. The van der Waals surface area contributed by atoms with Gasteiger partial charge in [-0.25, -0.2) is 0 Å². The molecule has 0 spiro atoms. The highest BCUT2D eigenvalue weighted by Crippen LogP contribution is 2.08. The van der Waals surface area contributed by atoms with Gasteiger partial charge in [-0.15, -0.1) is 0 Å². The summed E-state index contributed by atoms with van der Waals surface area (Å²) in [6.07, 6.45) is 2.16. The summed E-state index contributed by atoms with van der Waals surface area (Å²) in [5, 5.41) is 10.6. The molecule has 0 unspecified atom stereocenters. The third-order valence-corrected chi connectivity index (χ3v) is 2.57. The van der Waals surface area contributed by atoms with Gasteiger partial charge in [0.2, 0.25) is 0 Å². The molecule has 1 heterocycles. The number of nitrogens with one attached hydrogen (secondary N) is 2. The second-order valence-corrected chi connectivity index (χ2v) is 4.06. The van der Waals surface area contributed by atoms with E-state index in [-0.39, 0.29) is 0 Å². The van der Waals surface area contributed by atoms with Crippen molar-refractivity contribution in [3.8, 4) is 0 Å². The Balaban J connectivity index is 2.07. The van der Waals surface area contributed by atoms with E-state index in [4.69, 9.17) is 4.74 Å². The predicted molar refractivity (Wildman–Crippen MR) is 65.5 cm³/mol. The average Bonchev–Trinajstić information content (AvgIpc) is 2.59. The van der Waals surface area contributed by atoms with Gasteiger partial charge in [0.1, 0.15) is 0 Å². The molecule has 0 atom stereocenters. The Bertz CT molecular complexity index is 277. The molecule has 0 saturated carbocycles. The molecular weight excluding hydrogens is 202 g/mol. The predicted octanol–water partition coefficient (Wildman–Crippen LogP) is 1.93. The third kappa shape index (κ3) is 4.33. The minimum absolute atomic E-state index is 0.851. The summed E-state index contributed by atoms with van der Waals surface area (Å²) in [7, 11) is 0. The van der Waals surface area contributed by atoms with Crippen molar-refractivity contribution in [3.63, 3.8) is 0 Å².